The lowest BCUT2D eigenvalue weighted by Gasteiger charge is -2.17. The lowest BCUT2D eigenvalue weighted by Crippen LogP contribution is -2.22. The van der Waals surface area contributed by atoms with E-state index in [1.54, 1.807) is 39.0 Å². The maximum Gasteiger partial charge on any atom is 0.331 e. The number of nitrogens with zero attached hydrogens (tertiary/aromatic N) is 1. The van der Waals surface area contributed by atoms with Crippen LogP contribution >= 0.6 is 0 Å². The second kappa shape index (κ2) is 6.65. The van der Waals surface area contributed by atoms with Crippen molar-refractivity contribution in [1.82, 2.24) is 4.98 Å². The zero-order valence-electron chi connectivity index (χ0n) is 11.7. The maximum atomic E-state index is 11.5. The molecule has 1 aromatic heterocycles. The number of carbonyl (C=O) groups excluding carboxylic acids is 1. The van der Waals surface area contributed by atoms with Gasteiger partial charge in [-0.05, 0) is 44.6 Å². The number of carboxylic acid groups (broad SMARTS) is 1. The normalized spacial score (nSPS) is 11.9. The van der Waals surface area contributed by atoms with Crippen LogP contribution in [0.5, 0.6) is 0 Å². The van der Waals surface area contributed by atoms with Crippen LogP contribution < -0.4 is 0 Å². The average Bonchev–Trinajstić information content (AvgIpc) is 2.33. The number of rotatable bonds is 4. The first-order valence-electron chi connectivity index (χ1n) is 6.04. The molecule has 0 bridgehead atoms. The molecule has 0 amide bonds. The van der Waals surface area contributed by atoms with Crippen LogP contribution in [0.15, 0.2) is 30.5 Å². The summed E-state index contributed by atoms with van der Waals surface area (Å²) in [5.41, 5.74) is 0.727. The molecule has 106 valence electrons. The number of hydrogen-bond donors (Lipinski definition) is 1. The van der Waals surface area contributed by atoms with E-state index in [0.29, 0.717) is 11.3 Å². The van der Waals surface area contributed by atoms with E-state index in [9.17, 15) is 9.59 Å². The van der Waals surface area contributed by atoms with Gasteiger partial charge in [-0.25, -0.2) is 9.59 Å². The number of hydrogen-bond acceptors (Lipinski definition) is 4. The van der Waals surface area contributed by atoms with Gasteiger partial charge >= 0.3 is 11.9 Å². The average molecular weight is 275 g/mol. The molecule has 0 spiro atoms. The van der Waals surface area contributed by atoms with Gasteiger partial charge in [-0.1, -0.05) is 6.07 Å². The van der Waals surface area contributed by atoms with Gasteiger partial charge in [-0.2, -0.15) is 0 Å². The van der Waals surface area contributed by atoms with Crippen LogP contribution in [0.1, 0.15) is 32.0 Å². The summed E-state index contributed by atoms with van der Waals surface area (Å²) in [6.45, 7) is 5.38. The van der Waals surface area contributed by atoms with E-state index in [2.05, 4.69) is 4.98 Å². The fourth-order valence-corrected chi connectivity index (χ4v) is 1.27. The van der Waals surface area contributed by atoms with Gasteiger partial charge in [0.1, 0.15) is 5.60 Å². The molecule has 0 aliphatic rings. The van der Waals surface area contributed by atoms with Crippen LogP contribution in [-0.2, 0) is 14.3 Å². The first kappa shape index (κ1) is 15.6. The molecule has 0 aromatic carbocycles. The molecule has 20 heavy (non-hydrogen) atoms. The molecule has 0 unspecified atom stereocenters. The summed E-state index contributed by atoms with van der Waals surface area (Å²) in [4.78, 5) is 25.9. The molecule has 1 rings (SSSR count). The van der Waals surface area contributed by atoms with E-state index >= 15 is 0 Å². The molecule has 0 saturated heterocycles. The molecule has 0 saturated carbocycles. The lowest BCUT2D eigenvalue weighted by molar-refractivity contribution is -0.148. The van der Waals surface area contributed by atoms with Crippen molar-refractivity contribution in [3.63, 3.8) is 0 Å². The third kappa shape index (κ3) is 6.49. The van der Waals surface area contributed by atoms with Crippen molar-refractivity contribution < 1.29 is 19.4 Å². The van der Waals surface area contributed by atoms with Gasteiger partial charge in [0, 0.05) is 18.3 Å². The first-order valence-corrected chi connectivity index (χ1v) is 6.04. The second-order valence-electron chi connectivity index (χ2n) is 5.05. The topological polar surface area (TPSA) is 76.5 Å². The molecule has 1 aromatic rings. The Balaban J connectivity index is 2.66. The highest BCUT2D eigenvalue weighted by molar-refractivity contribution is 5.87. The van der Waals surface area contributed by atoms with Gasteiger partial charge < -0.3 is 9.84 Å². The summed E-state index contributed by atoms with van der Waals surface area (Å²) in [5, 5.41) is 8.50. The highest BCUT2D eigenvalue weighted by Gasteiger charge is 2.13. The van der Waals surface area contributed by atoms with Crippen LogP contribution in [0.3, 0.4) is 0 Å². The van der Waals surface area contributed by atoms with Gasteiger partial charge in [0.2, 0.25) is 0 Å². The Labute approximate surface area is 117 Å². The Morgan fingerprint density at radius 3 is 2.40 bits per heavy atom. The number of aliphatic carboxylic acids is 1. The smallest absolute Gasteiger partial charge is 0.331 e. The van der Waals surface area contributed by atoms with Gasteiger partial charge in [-0.3, -0.25) is 4.98 Å². The quantitative estimate of drug-likeness (QED) is 0.675. The van der Waals surface area contributed by atoms with Crippen LogP contribution in [0.2, 0.25) is 0 Å². The minimum Gasteiger partial charge on any atom is -0.478 e. The summed E-state index contributed by atoms with van der Waals surface area (Å²) in [6.07, 6.45) is 6.84. The summed E-state index contributed by atoms with van der Waals surface area (Å²) < 4.78 is 5.12. The van der Waals surface area contributed by atoms with Crippen molar-refractivity contribution in [2.24, 2.45) is 0 Å². The number of carboxylic acids is 1. The fraction of sp³-hybridized carbons (Fsp3) is 0.267. The Kier molecular flexibility index (Phi) is 5.20. The van der Waals surface area contributed by atoms with E-state index in [-0.39, 0.29) is 0 Å². The highest BCUT2D eigenvalue weighted by Crippen LogP contribution is 2.08. The number of esters is 1. The van der Waals surface area contributed by atoms with E-state index in [1.807, 2.05) is 0 Å². The van der Waals surface area contributed by atoms with Crippen molar-refractivity contribution in [3.8, 4) is 0 Å². The fourth-order valence-electron chi connectivity index (χ4n) is 1.27. The molecular weight excluding hydrogens is 258 g/mol. The molecule has 0 aliphatic heterocycles. The monoisotopic (exact) mass is 275 g/mol. The van der Waals surface area contributed by atoms with Crippen LogP contribution in [0, 0.1) is 0 Å². The molecule has 0 radical (unpaired) electrons. The third-order valence-corrected chi connectivity index (χ3v) is 2.02. The van der Waals surface area contributed by atoms with Crippen LogP contribution in [0.4, 0.5) is 0 Å². The summed E-state index contributed by atoms with van der Waals surface area (Å²) in [5.74, 6) is -1.45. The van der Waals surface area contributed by atoms with Crippen molar-refractivity contribution in [1.29, 1.82) is 0 Å². The molecule has 1 N–H and O–H groups in total. The lowest BCUT2D eigenvalue weighted by atomic mass is 10.2. The Hall–Kier alpha value is -2.43. The van der Waals surface area contributed by atoms with E-state index in [1.165, 1.54) is 18.3 Å². The molecule has 0 atom stereocenters. The largest absolute Gasteiger partial charge is 0.478 e. The van der Waals surface area contributed by atoms with Crippen molar-refractivity contribution in [2.45, 2.75) is 26.4 Å². The summed E-state index contributed by atoms with van der Waals surface area (Å²) in [7, 11) is 0. The highest BCUT2D eigenvalue weighted by atomic mass is 16.6. The molecule has 5 nitrogen and oxygen atoms in total. The van der Waals surface area contributed by atoms with Crippen molar-refractivity contribution in [2.75, 3.05) is 0 Å². The Bertz CT molecular complexity index is 536. The molecule has 0 aliphatic carbocycles. The van der Waals surface area contributed by atoms with Gasteiger partial charge in [0.25, 0.3) is 0 Å². The van der Waals surface area contributed by atoms with Gasteiger partial charge in [0.05, 0.1) is 5.69 Å². The molecular formula is C15H17NO4. The Morgan fingerprint density at radius 2 is 1.90 bits per heavy atom. The second-order valence-corrected chi connectivity index (χ2v) is 5.05. The predicted molar refractivity (Wildman–Crippen MR) is 75.8 cm³/mol. The van der Waals surface area contributed by atoms with Crippen molar-refractivity contribution in [3.05, 3.63) is 41.7 Å². The van der Waals surface area contributed by atoms with Crippen molar-refractivity contribution >= 4 is 24.1 Å². The van der Waals surface area contributed by atoms with E-state index < -0.39 is 17.5 Å². The SMILES string of the molecule is CC(C)(C)OC(=O)C=Cc1ccc(C=CC(=O)O)cn1. The minimum atomic E-state index is -1.01. The number of aromatic nitrogens is 1. The van der Waals surface area contributed by atoms with Crippen LogP contribution in [0.25, 0.3) is 12.2 Å². The summed E-state index contributed by atoms with van der Waals surface area (Å²) in [6, 6.07) is 3.39. The van der Waals surface area contributed by atoms with E-state index in [0.717, 1.165) is 6.08 Å². The number of ether oxygens (including phenoxy) is 1. The number of carbonyl (C=O) groups is 2. The zero-order valence-corrected chi connectivity index (χ0v) is 11.7. The molecule has 0 fully saturated rings. The molecule has 5 heteroatoms. The zero-order chi connectivity index (χ0) is 15.2. The third-order valence-electron chi connectivity index (χ3n) is 2.02. The van der Waals surface area contributed by atoms with Gasteiger partial charge in [-0.15, -0.1) is 0 Å². The number of pyridine rings is 1. The standard InChI is InChI=1S/C15H17NO4/c1-15(2,3)20-14(19)9-7-12-6-4-11(10-16-12)5-8-13(17)18/h4-10H,1-3H3,(H,17,18). The summed E-state index contributed by atoms with van der Waals surface area (Å²) >= 11 is 0. The molecule has 1 heterocycles. The van der Waals surface area contributed by atoms with E-state index in [4.69, 9.17) is 9.84 Å². The predicted octanol–water partition coefficient (Wildman–Crippen LogP) is 2.53. The van der Waals surface area contributed by atoms with Gasteiger partial charge in [0.15, 0.2) is 0 Å². The Morgan fingerprint density at radius 1 is 1.20 bits per heavy atom. The van der Waals surface area contributed by atoms with Crippen LogP contribution in [-0.4, -0.2) is 27.6 Å². The maximum absolute atomic E-state index is 11.5. The first-order chi connectivity index (χ1) is 9.26. The minimum absolute atomic E-state index is 0.436.